The Morgan fingerprint density at radius 1 is 1.25 bits per heavy atom. The van der Waals surface area contributed by atoms with Crippen LogP contribution in [0.15, 0.2) is 12.2 Å². The zero-order valence-electron chi connectivity index (χ0n) is 11.1. The molecule has 2 aliphatic rings. The normalized spacial score (nSPS) is 35.6. The highest BCUT2D eigenvalue weighted by Crippen LogP contribution is 2.43. The lowest BCUT2D eigenvalue weighted by Crippen LogP contribution is -2.40. The van der Waals surface area contributed by atoms with Crippen LogP contribution in [0.5, 0.6) is 0 Å². The van der Waals surface area contributed by atoms with E-state index in [1.165, 1.54) is 37.7 Å². The first kappa shape index (κ1) is 12.2. The molecule has 1 heteroatoms. The van der Waals surface area contributed by atoms with Crippen molar-refractivity contribution in [3.63, 3.8) is 0 Å². The van der Waals surface area contributed by atoms with Gasteiger partial charge in [0.05, 0.1) is 12.2 Å². The lowest BCUT2D eigenvalue weighted by molar-refractivity contribution is -0.0876. The van der Waals surface area contributed by atoms with Crippen molar-refractivity contribution in [1.29, 1.82) is 0 Å². The number of ether oxygens (including phenoxy) is 1. The molecule has 2 rings (SSSR count). The summed E-state index contributed by atoms with van der Waals surface area (Å²) in [6.07, 6.45) is 8.57. The Morgan fingerprint density at radius 3 is 2.50 bits per heavy atom. The molecule has 2 atom stereocenters. The van der Waals surface area contributed by atoms with Crippen molar-refractivity contribution in [3.8, 4) is 0 Å². The molecule has 0 saturated heterocycles. The molecule has 2 aliphatic carbocycles. The predicted molar refractivity (Wildman–Crippen MR) is 68.4 cm³/mol. The van der Waals surface area contributed by atoms with E-state index in [1.807, 2.05) is 0 Å². The summed E-state index contributed by atoms with van der Waals surface area (Å²) in [6, 6.07) is 0. The molecular weight excluding hydrogens is 196 g/mol. The molecule has 0 heterocycles. The van der Waals surface area contributed by atoms with Crippen molar-refractivity contribution in [1.82, 2.24) is 0 Å². The highest BCUT2D eigenvalue weighted by Gasteiger charge is 2.39. The molecule has 0 N–H and O–H groups in total. The summed E-state index contributed by atoms with van der Waals surface area (Å²) in [5, 5.41) is 0. The van der Waals surface area contributed by atoms with Crippen LogP contribution in [0.25, 0.3) is 0 Å². The van der Waals surface area contributed by atoms with Gasteiger partial charge in [-0.15, -0.1) is 0 Å². The summed E-state index contributed by atoms with van der Waals surface area (Å²) in [5.41, 5.74) is 1.70. The molecule has 0 aromatic heterocycles. The quantitative estimate of drug-likeness (QED) is 0.632. The third-order valence-corrected chi connectivity index (χ3v) is 4.48. The molecule has 0 bridgehead atoms. The summed E-state index contributed by atoms with van der Waals surface area (Å²) in [7, 11) is 0. The summed E-state index contributed by atoms with van der Waals surface area (Å²) in [4.78, 5) is 0. The fraction of sp³-hybridized carbons (Fsp3) is 0.867. The van der Waals surface area contributed by atoms with Crippen molar-refractivity contribution >= 4 is 0 Å². The van der Waals surface area contributed by atoms with Gasteiger partial charge in [-0.2, -0.15) is 0 Å². The molecule has 0 amide bonds. The molecular formula is C15H26O. The second-order valence-electron chi connectivity index (χ2n) is 6.49. The largest absolute Gasteiger partial charge is 0.374 e. The first-order valence-electron chi connectivity index (χ1n) is 6.82. The van der Waals surface area contributed by atoms with Crippen LogP contribution in [0.3, 0.4) is 0 Å². The van der Waals surface area contributed by atoms with E-state index in [0.29, 0.717) is 18.1 Å². The standard InChI is InChI=1S/C15H26O/c1-11-9-14(15(3,4)10-12(11)2)16-13-7-5-6-8-13/h11,13-14H,2,5-10H2,1,3-4H3. The number of rotatable bonds is 2. The van der Waals surface area contributed by atoms with Crippen molar-refractivity contribution in [3.05, 3.63) is 12.2 Å². The summed E-state index contributed by atoms with van der Waals surface area (Å²) >= 11 is 0. The molecule has 0 aromatic rings. The van der Waals surface area contributed by atoms with Crippen LogP contribution in [0.4, 0.5) is 0 Å². The molecule has 2 fully saturated rings. The lowest BCUT2D eigenvalue weighted by atomic mass is 9.69. The Bertz CT molecular complexity index is 261. The zero-order chi connectivity index (χ0) is 11.8. The van der Waals surface area contributed by atoms with Crippen LogP contribution in [-0.4, -0.2) is 12.2 Å². The van der Waals surface area contributed by atoms with Crippen molar-refractivity contribution in [2.45, 2.75) is 71.5 Å². The van der Waals surface area contributed by atoms with E-state index in [4.69, 9.17) is 4.74 Å². The van der Waals surface area contributed by atoms with E-state index < -0.39 is 0 Å². The maximum absolute atomic E-state index is 6.35. The monoisotopic (exact) mass is 222 g/mol. The molecule has 0 aliphatic heterocycles. The van der Waals surface area contributed by atoms with Gasteiger partial charge < -0.3 is 4.74 Å². The van der Waals surface area contributed by atoms with Gasteiger partial charge in [-0.25, -0.2) is 0 Å². The van der Waals surface area contributed by atoms with Gasteiger partial charge in [0.25, 0.3) is 0 Å². The van der Waals surface area contributed by atoms with Gasteiger partial charge in [0.2, 0.25) is 0 Å². The third kappa shape index (κ3) is 2.51. The van der Waals surface area contributed by atoms with E-state index in [9.17, 15) is 0 Å². The summed E-state index contributed by atoms with van der Waals surface area (Å²) < 4.78 is 6.35. The van der Waals surface area contributed by atoms with E-state index in [-0.39, 0.29) is 5.41 Å². The van der Waals surface area contributed by atoms with Crippen LogP contribution in [0.1, 0.15) is 59.3 Å². The predicted octanol–water partition coefficient (Wildman–Crippen LogP) is 4.33. The molecule has 1 nitrogen and oxygen atoms in total. The van der Waals surface area contributed by atoms with Gasteiger partial charge in [-0.3, -0.25) is 0 Å². The Kier molecular flexibility index (Phi) is 3.44. The van der Waals surface area contributed by atoms with E-state index in [1.54, 1.807) is 0 Å². The van der Waals surface area contributed by atoms with Crippen molar-refractivity contribution in [2.24, 2.45) is 11.3 Å². The van der Waals surface area contributed by atoms with Gasteiger partial charge in [-0.1, -0.05) is 45.8 Å². The molecule has 0 radical (unpaired) electrons. The summed E-state index contributed by atoms with van der Waals surface area (Å²) in [6.45, 7) is 11.2. The van der Waals surface area contributed by atoms with Crippen molar-refractivity contribution in [2.75, 3.05) is 0 Å². The van der Waals surface area contributed by atoms with Crippen LogP contribution >= 0.6 is 0 Å². The number of hydrogen-bond acceptors (Lipinski definition) is 1. The Morgan fingerprint density at radius 2 is 1.88 bits per heavy atom. The van der Waals surface area contributed by atoms with E-state index >= 15 is 0 Å². The minimum atomic E-state index is 0.284. The zero-order valence-corrected chi connectivity index (χ0v) is 11.1. The second kappa shape index (κ2) is 4.52. The smallest absolute Gasteiger partial charge is 0.0638 e. The SMILES string of the molecule is C=C1CC(C)(C)C(OC2CCCC2)CC1C. The number of hydrogen-bond donors (Lipinski definition) is 0. The second-order valence-corrected chi connectivity index (χ2v) is 6.49. The average Bonchev–Trinajstić information content (AvgIpc) is 2.66. The average molecular weight is 222 g/mol. The van der Waals surface area contributed by atoms with E-state index in [2.05, 4.69) is 27.4 Å². The number of allylic oxidation sites excluding steroid dienone is 1. The first-order chi connectivity index (χ1) is 7.49. The molecule has 0 aromatic carbocycles. The van der Waals surface area contributed by atoms with Crippen LogP contribution in [-0.2, 0) is 4.74 Å². The van der Waals surface area contributed by atoms with Crippen LogP contribution in [0.2, 0.25) is 0 Å². The Hall–Kier alpha value is -0.300. The Labute approximate surface area is 100 Å². The van der Waals surface area contributed by atoms with Crippen LogP contribution < -0.4 is 0 Å². The van der Waals surface area contributed by atoms with Crippen LogP contribution in [0, 0.1) is 11.3 Å². The maximum atomic E-state index is 6.35. The molecule has 92 valence electrons. The first-order valence-corrected chi connectivity index (χ1v) is 6.82. The fourth-order valence-corrected chi connectivity index (χ4v) is 3.18. The van der Waals surface area contributed by atoms with Gasteiger partial charge in [0.15, 0.2) is 0 Å². The molecule has 2 unspecified atom stereocenters. The van der Waals surface area contributed by atoms with Gasteiger partial charge in [0, 0.05) is 0 Å². The van der Waals surface area contributed by atoms with Crippen molar-refractivity contribution < 1.29 is 4.74 Å². The highest BCUT2D eigenvalue weighted by atomic mass is 16.5. The lowest BCUT2D eigenvalue weighted by Gasteiger charge is -2.43. The maximum Gasteiger partial charge on any atom is 0.0638 e. The minimum absolute atomic E-state index is 0.284. The summed E-state index contributed by atoms with van der Waals surface area (Å²) in [5.74, 6) is 0.638. The Balaban J connectivity index is 1.98. The van der Waals surface area contributed by atoms with E-state index in [0.717, 1.165) is 6.42 Å². The highest BCUT2D eigenvalue weighted by molar-refractivity contribution is 5.09. The van der Waals surface area contributed by atoms with Gasteiger partial charge in [0.1, 0.15) is 0 Å². The molecule has 16 heavy (non-hydrogen) atoms. The third-order valence-electron chi connectivity index (χ3n) is 4.48. The molecule has 0 spiro atoms. The fourth-order valence-electron chi connectivity index (χ4n) is 3.18. The van der Waals surface area contributed by atoms with Gasteiger partial charge >= 0.3 is 0 Å². The molecule has 2 saturated carbocycles. The minimum Gasteiger partial charge on any atom is -0.374 e. The topological polar surface area (TPSA) is 9.23 Å². The van der Waals surface area contributed by atoms with Gasteiger partial charge in [-0.05, 0) is 37.0 Å².